The molecule has 4 aromatic heterocycles. The maximum Gasteiger partial charge on any atom is 0.156 e. The largest absolute Gasteiger partial charge is 0.296 e. The van der Waals surface area contributed by atoms with Gasteiger partial charge in [-0.1, -0.05) is 103 Å². The third kappa shape index (κ3) is 3.88. The van der Waals surface area contributed by atoms with E-state index in [0.717, 1.165) is 38.5 Å². The van der Waals surface area contributed by atoms with E-state index in [2.05, 4.69) is 99.8 Å². The average Bonchev–Trinajstić information content (AvgIpc) is 3.77. The van der Waals surface area contributed by atoms with Gasteiger partial charge >= 0.3 is 0 Å². The van der Waals surface area contributed by atoms with Crippen molar-refractivity contribution in [2.24, 2.45) is 0 Å². The molecule has 0 unspecified atom stereocenters. The first-order valence-electron chi connectivity index (χ1n) is 12.5. The van der Waals surface area contributed by atoms with Crippen LogP contribution in [0.25, 0.3) is 27.5 Å². The molecule has 0 aliphatic carbocycles. The third-order valence-electron chi connectivity index (χ3n) is 7.05. The molecule has 0 radical (unpaired) electrons. The van der Waals surface area contributed by atoms with Crippen molar-refractivity contribution in [2.45, 2.75) is 5.54 Å². The Hall–Kier alpha value is -4.52. The number of thiazole rings is 1. The second-order valence-corrected chi connectivity index (χ2v) is 10.5. The van der Waals surface area contributed by atoms with Gasteiger partial charge in [-0.3, -0.25) is 9.08 Å². The van der Waals surface area contributed by atoms with Crippen LogP contribution in [0.4, 0.5) is 0 Å². The second-order valence-electron chi connectivity index (χ2n) is 9.23. The van der Waals surface area contributed by atoms with Crippen molar-refractivity contribution in [2.75, 3.05) is 0 Å². The summed E-state index contributed by atoms with van der Waals surface area (Å²) in [6, 6.07) is 33.5. The Balaban J connectivity index is 1.46. The van der Waals surface area contributed by atoms with E-state index in [9.17, 15) is 0 Å². The van der Waals surface area contributed by atoms with Gasteiger partial charge in [0.05, 0.1) is 17.4 Å². The maximum absolute atomic E-state index is 6.74. The molecule has 7 rings (SSSR count). The van der Waals surface area contributed by atoms with Crippen LogP contribution in [0.15, 0.2) is 133 Å². The summed E-state index contributed by atoms with van der Waals surface area (Å²) in [5.41, 5.74) is 6.16. The Bertz CT molecular complexity index is 1760. The van der Waals surface area contributed by atoms with Crippen LogP contribution in [-0.4, -0.2) is 24.1 Å². The Kier molecular flexibility index (Phi) is 5.84. The average molecular weight is 544 g/mol. The summed E-state index contributed by atoms with van der Waals surface area (Å²) in [7, 11) is 0. The lowest BCUT2D eigenvalue weighted by molar-refractivity contribution is 0.460. The summed E-state index contributed by atoms with van der Waals surface area (Å²) in [6.45, 7) is 0. The van der Waals surface area contributed by atoms with Gasteiger partial charge in [-0.25, -0.2) is 9.97 Å². The van der Waals surface area contributed by atoms with Gasteiger partial charge < -0.3 is 0 Å². The van der Waals surface area contributed by atoms with Crippen LogP contribution in [0.1, 0.15) is 16.7 Å². The molecule has 188 valence electrons. The topological polar surface area (TPSA) is 48.0 Å². The summed E-state index contributed by atoms with van der Waals surface area (Å²) >= 11 is 8.32. The van der Waals surface area contributed by atoms with E-state index in [1.54, 1.807) is 17.5 Å². The van der Waals surface area contributed by atoms with E-state index >= 15 is 0 Å². The monoisotopic (exact) mass is 543 g/mol. The molecule has 0 amide bonds. The Morgan fingerprint density at radius 3 is 1.87 bits per heavy atom. The van der Waals surface area contributed by atoms with Crippen LogP contribution >= 0.6 is 22.9 Å². The highest BCUT2D eigenvalue weighted by atomic mass is 35.5. The molecule has 0 bridgehead atoms. The van der Waals surface area contributed by atoms with E-state index < -0.39 is 5.54 Å². The molecule has 0 aliphatic rings. The molecular weight excluding hydrogens is 522 g/mol. The number of nitrogens with zero attached hydrogens (tertiary/aromatic N) is 5. The number of fused-ring (bicyclic) bond motifs is 1. The fourth-order valence-electron chi connectivity index (χ4n) is 5.30. The van der Waals surface area contributed by atoms with Gasteiger partial charge in [0.2, 0.25) is 0 Å². The molecule has 39 heavy (non-hydrogen) atoms. The van der Waals surface area contributed by atoms with Crippen molar-refractivity contribution in [3.05, 3.63) is 155 Å². The van der Waals surface area contributed by atoms with E-state index in [0.29, 0.717) is 10.7 Å². The Morgan fingerprint density at radius 1 is 0.692 bits per heavy atom. The first-order chi connectivity index (χ1) is 19.2. The van der Waals surface area contributed by atoms with E-state index in [4.69, 9.17) is 16.7 Å². The molecule has 5 nitrogen and oxygen atoms in total. The Morgan fingerprint density at radius 2 is 1.31 bits per heavy atom. The number of imidazole rings is 1. The number of aromatic nitrogens is 5. The van der Waals surface area contributed by atoms with Crippen molar-refractivity contribution in [3.63, 3.8) is 0 Å². The van der Waals surface area contributed by atoms with Crippen molar-refractivity contribution in [3.8, 4) is 21.8 Å². The first-order valence-corrected chi connectivity index (χ1v) is 13.8. The van der Waals surface area contributed by atoms with E-state index in [1.807, 2.05) is 46.4 Å². The summed E-state index contributed by atoms with van der Waals surface area (Å²) in [5.74, 6) is 0. The molecule has 7 heteroatoms. The Labute approximate surface area is 234 Å². The highest BCUT2D eigenvalue weighted by Crippen LogP contribution is 2.41. The van der Waals surface area contributed by atoms with Crippen molar-refractivity contribution in [1.82, 2.24) is 24.1 Å². The predicted molar refractivity (Wildman–Crippen MR) is 157 cm³/mol. The lowest BCUT2D eigenvalue weighted by atomic mass is 9.77. The van der Waals surface area contributed by atoms with Gasteiger partial charge in [0.15, 0.2) is 5.65 Å². The van der Waals surface area contributed by atoms with Gasteiger partial charge in [0, 0.05) is 35.1 Å². The van der Waals surface area contributed by atoms with Crippen LogP contribution < -0.4 is 0 Å². The molecule has 0 spiro atoms. The van der Waals surface area contributed by atoms with Crippen molar-refractivity contribution in [1.29, 1.82) is 0 Å². The number of halogens is 1. The fourth-order valence-corrected chi connectivity index (χ4v) is 6.20. The highest BCUT2D eigenvalue weighted by Gasteiger charge is 2.39. The smallest absolute Gasteiger partial charge is 0.156 e. The van der Waals surface area contributed by atoms with E-state index in [-0.39, 0.29) is 0 Å². The minimum atomic E-state index is -0.684. The van der Waals surface area contributed by atoms with Gasteiger partial charge in [-0.2, -0.15) is 5.10 Å². The SMILES string of the molecule is Clc1cc(-c2cnn(C(c3ccccc3)(c3ccccc3)c3ccccc3)c2)cn2c(-c3nccs3)cnc12. The maximum atomic E-state index is 6.74. The normalized spacial score (nSPS) is 11.7. The summed E-state index contributed by atoms with van der Waals surface area (Å²) in [5, 5.41) is 8.43. The van der Waals surface area contributed by atoms with Gasteiger partial charge in [0.1, 0.15) is 16.2 Å². The van der Waals surface area contributed by atoms with Crippen molar-refractivity contribution < 1.29 is 0 Å². The molecule has 0 fully saturated rings. The molecule has 0 saturated carbocycles. The molecule has 0 atom stereocenters. The third-order valence-corrected chi connectivity index (χ3v) is 8.12. The minimum Gasteiger partial charge on any atom is -0.296 e. The standard InChI is InChI=1S/C32H22ClN5S/c33-28-18-23(21-37-29(20-35-30(28)37)31-34-16-17-39-31)24-19-36-38(22-24)32(25-10-4-1-5-11-25,26-12-6-2-7-13-26)27-14-8-3-9-15-27/h1-22H. The zero-order valence-corrected chi connectivity index (χ0v) is 22.3. The molecular formula is C32H22ClN5S. The van der Waals surface area contributed by atoms with Crippen LogP contribution in [0.2, 0.25) is 5.02 Å². The van der Waals surface area contributed by atoms with Crippen LogP contribution in [0.3, 0.4) is 0 Å². The molecule has 3 aromatic carbocycles. The van der Waals surface area contributed by atoms with Gasteiger partial charge in [-0.15, -0.1) is 11.3 Å². The van der Waals surface area contributed by atoms with Crippen LogP contribution in [-0.2, 0) is 5.54 Å². The van der Waals surface area contributed by atoms with Crippen LogP contribution in [0.5, 0.6) is 0 Å². The van der Waals surface area contributed by atoms with E-state index in [1.165, 1.54) is 0 Å². The lowest BCUT2D eigenvalue weighted by Crippen LogP contribution is -2.38. The first kappa shape index (κ1) is 23.6. The predicted octanol–water partition coefficient (Wildman–Crippen LogP) is 7.81. The number of hydrogen-bond acceptors (Lipinski definition) is 4. The number of pyridine rings is 1. The summed E-state index contributed by atoms with van der Waals surface area (Å²) in [6.07, 6.45) is 9.68. The van der Waals surface area contributed by atoms with Crippen molar-refractivity contribution >= 4 is 28.6 Å². The molecule has 7 aromatic rings. The zero-order valence-electron chi connectivity index (χ0n) is 20.7. The van der Waals surface area contributed by atoms with Crippen LogP contribution in [0, 0.1) is 0 Å². The zero-order chi connectivity index (χ0) is 26.2. The number of hydrogen-bond donors (Lipinski definition) is 0. The molecule has 0 aliphatic heterocycles. The van der Waals surface area contributed by atoms with Gasteiger partial charge in [-0.05, 0) is 22.8 Å². The molecule has 0 N–H and O–H groups in total. The lowest BCUT2D eigenvalue weighted by Gasteiger charge is -2.36. The highest BCUT2D eigenvalue weighted by molar-refractivity contribution is 7.13. The fraction of sp³-hybridized carbons (Fsp3) is 0.0312. The molecule has 4 heterocycles. The summed E-state index contributed by atoms with van der Waals surface area (Å²) < 4.78 is 4.07. The number of rotatable bonds is 6. The minimum absolute atomic E-state index is 0.573. The van der Waals surface area contributed by atoms with Gasteiger partial charge in [0.25, 0.3) is 0 Å². The number of benzene rings is 3. The quantitative estimate of drug-likeness (QED) is 0.201. The summed E-state index contributed by atoms with van der Waals surface area (Å²) in [4.78, 5) is 9.03. The second kappa shape index (κ2) is 9.66. The molecule has 0 saturated heterocycles.